The number of alkyl halides is 3. The molecule has 1 aromatic rings. The van der Waals surface area contributed by atoms with Crippen LogP contribution < -0.4 is 10.5 Å². The van der Waals surface area contributed by atoms with Gasteiger partial charge in [0.1, 0.15) is 11.6 Å². The van der Waals surface area contributed by atoms with Gasteiger partial charge < -0.3 is 10.5 Å². The number of pyridine rings is 1. The third-order valence-electron chi connectivity index (χ3n) is 3.23. The maximum atomic E-state index is 12.4. The van der Waals surface area contributed by atoms with Crippen molar-refractivity contribution in [3.63, 3.8) is 0 Å². The number of nitrogens with zero attached hydrogens (tertiary/aromatic N) is 1. The van der Waals surface area contributed by atoms with E-state index in [0.717, 1.165) is 31.7 Å². The SMILES string of the molecule is NC1(COc2ncc(C(F)(F)F)cc2Cl)CCCC1. The van der Waals surface area contributed by atoms with Crippen LogP contribution in [0.2, 0.25) is 5.02 Å². The van der Waals surface area contributed by atoms with Crippen molar-refractivity contribution in [2.75, 3.05) is 6.61 Å². The number of hydrogen-bond donors (Lipinski definition) is 1. The molecular formula is C12H14ClF3N2O. The first kappa shape index (κ1) is 14.4. The van der Waals surface area contributed by atoms with Crippen molar-refractivity contribution in [3.05, 3.63) is 22.8 Å². The maximum Gasteiger partial charge on any atom is 0.417 e. The molecule has 2 rings (SSSR count). The average molecular weight is 295 g/mol. The maximum absolute atomic E-state index is 12.4. The van der Waals surface area contributed by atoms with Crippen LogP contribution in [0.1, 0.15) is 31.2 Å². The molecule has 1 saturated carbocycles. The molecule has 0 aliphatic heterocycles. The second-order valence-corrected chi connectivity index (χ2v) is 5.27. The fourth-order valence-electron chi connectivity index (χ4n) is 2.12. The van der Waals surface area contributed by atoms with E-state index in [1.54, 1.807) is 0 Å². The van der Waals surface area contributed by atoms with Gasteiger partial charge in [-0.2, -0.15) is 13.2 Å². The van der Waals surface area contributed by atoms with Crippen LogP contribution >= 0.6 is 11.6 Å². The van der Waals surface area contributed by atoms with E-state index in [1.165, 1.54) is 0 Å². The number of ether oxygens (including phenoxy) is 1. The summed E-state index contributed by atoms with van der Waals surface area (Å²) in [5, 5.41) is -0.156. The highest BCUT2D eigenvalue weighted by atomic mass is 35.5. The van der Waals surface area contributed by atoms with Gasteiger partial charge in [-0.05, 0) is 18.9 Å². The molecule has 1 aliphatic rings. The molecule has 0 bridgehead atoms. The first-order valence-electron chi connectivity index (χ1n) is 5.95. The van der Waals surface area contributed by atoms with E-state index in [1.807, 2.05) is 0 Å². The summed E-state index contributed by atoms with van der Waals surface area (Å²) >= 11 is 5.74. The van der Waals surface area contributed by atoms with Gasteiger partial charge in [0.05, 0.1) is 11.1 Å². The Labute approximate surface area is 113 Å². The van der Waals surface area contributed by atoms with Crippen LogP contribution in [0.3, 0.4) is 0 Å². The summed E-state index contributed by atoms with van der Waals surface area (Å²) in [6, 6.07) is 0.807. The molecule has 0 unspecified atom stereocenters. The Morgan fingerprint density at radius 2 is 2.00 bits per heavy atom. The molecule has 0 spiro atoms. The molecule has 19 heavy (non-hydrogen) atoms. The Morgan fingerprint density at radius 1 is 1.37 bits per heavy atom. The molecule has 1 aromatic heterocycles. The van der Waals surface area contributed by atoms with Gasteiger partial charge in [0.25, 0.3) is 0 Å². The molecule has 7 heteroatoms. The van der Waals surface area contributed by atoms with Gasteiger partial charge in [-0.3, -0.25) is 0 Å². The molecule has 1 aliphatic carbocycles. The van der Waals surface area contributed by atoms with Gasteiger partial charge in [0, 0.05) is 6.20 Å². The monoisotopic (exact) mass is 294 g/mol. The van der Waals surface area contributed by atoms with Crippen molar-refractivity contribution in [1.82, 2.24) is 4.98 Å². The van der Waals surface area contributed by atoms with Gasteiger partial charge in [-0.15, -0.1) is 0 Å². The summed E-state index contributed by atoms with van der Waals surface area (Å²) in [7, 11) is 0. The van der Waals surface area contributed by atoms with Crippen LogP contribution in [0.15, 0.2) is 12.3 Å². The molecule has 0 amide bonds. The quantitative estimate of drug-likeness (QED) is 0.929. The predicted molar refractivity (Wildman–Crippen MR) is 65.1 cm³/mol. The summed E-state index contributed by atoms with van der Waals surface area (Å²) in [4.78, 5) is 3.61. The summed E-state index contributed by atoms with van der Waals surface area (Å²) in [5.41, 5.74) is 4.76. The Balaban J connectivity index is 2.05. The fraction of sp³-hybridized carbons (Fsp3) is 0.583. The minimum absolute atomic E-state index is 0.00797. The van der Waals surface area contributed by atoms with Crippen LogP contribution in [-0.4, -0.2) is 17.1 Å². The van der Waals surface area contributed by atoms with Crippen LogP contribution in [-0.2, 0) is 6.18 Å². The van der Waals surface area contributed by atoms with Crippen molar-refractivity contribution in [2.45, 2.75) is 37.4 Å². The number of hydrogen-bond acceptors (Lipinski definition) is 3. The highest BCUT2D eigenvalue weighted by Gasteiger charge is 2.33. The van der Waals surface area contributed by atoms with Crippen LogP contribution in [0.5, 0.6) is 5.88 Å². The molecule has 2 N–H and O–H groups in total. The second kappa shape index (κ2) is 5.17. The average Bonchev–Trinajstić information content (AvgIpc) is 2.74. The molecule has 3 nitrogen and oxygen atoms in total. The summed E-state index contributed by atoms with van der Waals surface area (Å²) in [6.45, 7) is 0.213. The van der Waals surface area contributed by atoms with Crippen molar-refractivity contribution < 1.29 is 17.9 Å². The van der Waals surface area contributed by atoms with Crippen molar-refractivity contribution in [1.29, 1.82) is 0 Å². The number of aromatic nitrogens is 1. The largest absolute Gasteiger partial charge is 0.475 e. The summed E-state index contributed by atoms with van der Waals surface area (Å²) in [6.07, 6.45) is -0.00661. The lowest BCUT2D eigenvalue weighted by atomic mass is 10.0. The van der Waals surface area contributed by atoms with Crippen molar-refractivity contribution >= 4 is 11.6 Å². The Kier molecular flexibility index (Phi) is 3.92. The Bertz CT molecular complexity index is 459. The second-order valence-electron chi connectivity index (χ2n) is 4.87. The van der Waals surface area contributed by atoms with Crippen LogP contribution in [0.4, 0.5) is 13.2 Å². The van der Waals surface area contributed by atoms with Gasteiger partial charge in [-0.1, -0.05) is 24.4 Å². The minimum atomic E-state index is -4.46. The zero-order valence-corrected chi connectivity index (χ0v) is 10.9. The number of halogens is 4. The minimum Gasteiger partial charge on any atom is -0.475 e. The fourth-order valence-corrected chi connectivity index (χ4v) is 2.34. The van der Waals surface area contributed by atoms with Gasteiger partial charge >= 0.3 is 6.18 Å². The molecule has 1 fully saturated rings. The van der Waals surface area contributed by atoms with E-state index in [2.05, 4.69) is 4.98 Å². The molecule has 1 heterocycles. The Morgan fingerprint density at radius 3 is 2.53 bits per heavy atom. The van der Waals surface area contributed by atoms with E-state index in [4.69, 9.17) is 22.1 Å². The number of nitrogens with two attached hydrogens (primary N) is 1. The zero-order chi connectivity index (χ0) is 14.1. The van der Waals surface area contributed by atoms with E-state index in [-0.39, 0.29) is 17.5 Å². The topological polar surface area (TPSA) is 48.1 Å². The standard InChI is InChI=1S/C12H14ClF3N2O/c13-9-5-8(12(14,15)16)6-18-10(9)19-7-11(17)3-1-2-4-11/h5-6H,1-4,7,17H2. The van der Waals surface area contributed by atoms with Crippen molar-refractivity contribution in [3.8, 4) is 5.88 Å². The third kappa shape index (κ3) is 3.51. The van der Waals surface area contributed by atoms with Gasteiger partial charge in [0.2, 0.25) is 5.88 Å². The zero-order valence-electron chi connectivity index (χ0n) is 10.1. The molecule has 0 saturated heterocycles. The smallest absolute Gasteiger partial charge is 0.417 e. The summed E-state index contributed by atoms with van der Waals surface area (Å²) < 4.78 is 42.7. The Hall–Kier alpha value is -1.01. The van der Waals surface area contributed by atoms with E-state index in [9.17, 15) is 13.2 Å². The van der Waals surface area contributed by atoms with Gasteiger partial charge in [-0.25, -0.2) is 4.98 Å². The first-order valence-corrected chi connectivity index (χ1v) is 6.32. The van der Waals surface area contributed by atoms with Crippen molar-refractivity contribution in [2.24, 2.45) is 5.73 Å². The molecule has 0 aromatic carbocycles. The van der Waals surface area contributed by atoms with E-state index >= 15 is 0 Å². The molecule has 106 valence electrons. The predicted octanol–water partition coefficient (Wildman–Crippen LogP) is 3.40. The summed E-state index contributed by atoms with van der Waals surface area (Å²) in [5.74, 6) is -0.00797. The number of rotatable bonds is 3. The lowest BCUT2D eigenvalue weighted by Gasteiger charge is -2.23. The lowest BCUT2D eigenvalue weighted by molar-refractivity contribution is -0.137. The highest BCUT2D eigenvalue weighted by molar-refractivity contribution is 6.31. The van der Waals surface area contributed by atoms with Crippen LogP contribution in [0, 0.1) is 0 Å². The van der Waals surface area contributed by atoms with Gasteiger partial charge in [0.15, 0.2) is 0 Å². The van der Waals surface area contributed by atoms with E-state index in [0.29, 0.717) is 6.20 Å². The molecule has 0 atom stereocenters. The third-order valence-corrected chi connectivity index (χ3v) is 3.50. The normalized spacial score (nSPS) is 18.6. The molecular weight excluding hydrogens is 281 g/mol. The first-order chi connectivity index (χ1) is 8.80. The van der Waals surface area contributed by atoms with E-state index < -0.39 is 17.3 Å². The highest BCUT2D eigenvalue weighted by Crippen LogP contribution is 2.34. The van der Waals surface area contributed by atoms with Crippen LogP contribution in [0.25, 0.3) is 0 Å². The lowest BCUT2D eigenvalue weighted by Crippen LogP contribution is -2.42. The molecule has 0 radical (unpaired) electrons.